The van der Waals surface area contributed by atoms with E-state index in [-0.39, 0.29) is 25.7 Å². The molecule has 2 aromatic carbocycles. The maximum absolute atomic E-state index is 5.99. The van der Waals surface area contributed by atoms with E-state index >= 15 is 0 Å². The topological polar surface area (TPSA) is 237 Å². The number of nitrogens with two attached hydrogens (primary N) is 2. The molecule has 18 heteroatoms. The fourth-order valence-corrected chi connectivity index (χ4v) is 8.06. The van der Waals surface area contributed by atoms with Gasteiger partial charge >= 0.3 is 7.12 Å². The van der Waals surface area contributed by atoms with Gasteiger partial charge in [0.2, 0.25) is 0 Å². The van der Waals surface area contributed by atoms with E-state index in [9.17, 15) is 0 Å². The van der Waals surface area contributed by atoms with E-state index in [4.69, 9.17) is 29.8 Å². The molecule has 16 nitrogen and oxygen atoms in total. The van der Waals surface area contributed by atoms with E-state index in [1.54, 1.807) is 0 Å². The number of halogens is 1. The van der Waals surface area contributed by atoms with Gasteiger partial charge in [0.15, 0.2) is 11.9 Å². The van der Waals surface area contributed by atoms with Crippen molar-refractivity contribution in [2.24, 2.45) is 0 Å². The first kappa shape index (κ1) is 43.1. The SMILES string of the molecule is C.Cc1n[nH]c(C)c1-c1cc(-c2c(C)noc2C)cc2[nH]c(N)nc12.Cc1n[nH]c(C)c1B1OC(C)(C)C(C)(C)O1.Cc1noc(C)c1-c1cc(I)c2nc(N)[nH]c2c1. The lowest BCUT2D eigenvalue weighted by molar-refractivity contribution is 0.00578. The van der Waals surface area contributed by atoms with Gasteiger partial charge in [-0.2, -0.15) is 10.2 Å². The van der Waals surface area contributed by atoms with E-state index in [2.05, 4.69) is 113 Å². The molecule has 0 unspecified atom stereocenters. The monoisotopic (exact) mass is 914 g/mol. The number of nitrogens with one attached hydrogen (secondary N) is 4. The maximum atomic E-state index is 5.99. The molecule has 0 radical (unpaired) electrons. The van der Waals surface area contributed by atoms with Gasteiger partial charge in [0.1, 0.15) is 17.0 Å². The zero-order valence-electron chi connectivity index (χ0n) is 34.7. The Balaban J connectivity index is 0.000000151. The molecule has 1 aliphatic heterocycles. The lowest BCUT2D eigenvalue weighted by Crippen LogP contribution is -2.41. The summed E-state index contributed by atoms with van der Waals surface area (Å²) in [5.74, 6) is 2.42. The molecule has 0 atom stereocenters. The molecule has 1 saturated heterocycles. The quantitative estimate of drug-likeness (QED) is 0.0721. The predicted octanol–water partition coefficient (Wildman–Crippen LogP) is 8.41. The van der Waals surface area contributed by atoms with Gasteiger partial charge in [0.25, 0.3) is 0 Å². The Kier molecular flexibility index (Phi) is 11.7. The Morgan fingerprint density at radius 1 is 0.610 bits per heavy atom. The summed E-state index contributed by atoms with van der Waals surface area (Å²) in [6, 6.07) is 8.21. The summed E-state index contributed by atoms with van der Waals surface area (Å²) in [5.41, 5.74) is 27.3. The maximum Gasteiger partial charge on any atom is 0.498 e. The van der Waals surface area contributed by atoms with Gasteiger partial charge in [-0.15, -0.1) is 0 Å². The van der Waals surface area contributed by atoms with Crippen molar-refractivity contribution in [3.63, 3.8) is 0 Å². The standard InChI is InChI=1S/C17H18N6O.C12H11IN4O.C11H19BN2O2.CH4/c1-7-14(8(2)22-21-7)12-5-11(15-9(3)23-24-10(15)4)6-13-16(12)20-17(18)19-13;1-5-10(6(2)18-17-5)7-3-8(13)11-9(4-7)15-12(14)16-11;1-7-9(8(2)14-13-7)12-15-10(3,4)11(5,6)16-12;/h5-6H,1-4H3,(H,21,22)(H3,18,19,20);3-4H,1-2H3,(H3,14,15,16);1-6H3,(H,13,14);1H4. The molecule has 8 N–H and O–H groups in total. The van der Waals surface area contributed by atoms with Crippen molar-refractivity contribution in [2.75, 3.05) is 11.5 Å². The molecule has 0 bridgehead atoms. The van der Waals surface area contributed by atoms with Crippen LogP contribution in [0, 0.1) is 59.0 Å². The Morgan fingerprint density at radius 2 is 1.08 bits per heavy atom. The number of fused-ring (bicyclic) bond motifs is 2. The van der Waals surface area contributed by atoms with Crippen LogP contribution in [-0.2, 0) is 9.31 Å². The highest BCUT2D eigenvalue weighted by molar-refractivity contribution is 14.1. The summed E-state index contributed by atoms with van der Waals surface area (Å²) in [4.78, 5) is 14.9. The summed E-state index contributed by atoms with van der Waals surface area (Å²) in [6.45, 7) is 23.8. The molecular formula is C41H52BIN12O4. The lowest BCUT2D eigenvalue weighted by Gasteiger charge is -2.32. The minimum Gasteiger partial charge on any atom is -0.399 e. The second-order valence-corrected chi connectivity index (χ2v) is 16.8. The van der Waals surface area contributed by atoms with Crippen molar-refractivity contribution in [3.05, 3.63) is 73.5 Å². The molecule has 310 valence electrons. The van der Waals surface area contributed by atoms with Crippen molar-refractivity contribution in [1.29, 1.82) is 0 Å². The number of nitrogen functional groups attached to an aromatic ring is 2. The number of rotatable bonds is 4. The van der Waals surface area contributed by atoms with E-state index < -0.39 is 0 Å². The number of anilines is 2. The third-order valence-corrected chi connectivity index (χ3v) is 11.7. The minimum atomic E-state index is -0.316. The molecule has 1 fully saturated rings. The van der Waals surface area contributed by atoms with Crippen molar-refractivity contribution in [2.45, 2.75) is 102 Å². The highest BCUT2D eigenvalue weighted by Crippen LogP contribution is 2.39. The molecule has 0 saturated carbocycles. The molecule has 1 aliphatic rings. The molecular weight excluding hydrogens is 862 g/mol. The second-order valence-electron chi connectivity index (χ2n) is 15.7. The van der Waals surface area contributed by atoms with E-state index in [1.807, 2.05) is 67.5 Å². The van der Waals surface area contributed by atoms with Gasteiger partial charge in [-0.25, -0.2) is 9.97 Å². The smallest absolute Gasteiger partial charge is 0.399 e. The number of H-pyrrole nitrogens is 4. The summed E-state index contributed by atoms with van der Waals surface area (Å²) in [7, 11) is -0.316. The van der Waals surface area contributed by atoms with Crippen LogP contribution in [0.5, 0.6) is 0 Å². The Hall–Kier alpha value is -5.47. The van der Waals surface area contributed by atoms with Crippen LogP contribution in [0.3, 0.4) is 0 Å². The number of aryl methyl sites for hydroxylation is 8. The highest BCUT2D eigenvalue weighted by Gasteiger charge is 2.52. The summed E-state index contributed by atoms with van der Waals surface area (Å²) in [6.07, 6.45) is 0. The first-order valence-electron chi connectivity index (χ1n) is 18.8. The Labute approximate surface area is 356 Å². The number of nitrogens with zero attached hydrogens (tertiary/aromatic N) is 6. The van der Waals surface area contributed by atoms with Crippen molar-refractivity contribution in [1.82, 2.24) is 50.6 Å². The number of hydrogen-bond donors (Lipinski definition) is 6. The molecule has 9 rings (SSSR count). The Morgan fingerprint density at radius 3 is 1.54 bits per heavy atom. The summed E-state index contributed by atoms with van der Waals surface area (Å²) < 4.78 is 23.6. The van der Waals surface area contributed by atoms with E-state index in [1.165, 1.54) is 0 Å². The first-order valence-corrected chi connectivity index (χ1v) is 19.8. The van der Waals surface area contributed by atoms with Gasteiger partial charge in [-0.05, 0) is 141 Å². The zero-order valence-corrected chi connectivity index (χ0v) is 36.9. The van der Waals surface area contributed by atoms with Crippen LogP contribution in [0.25, 0.3) is 55.4 Å². The van der Waals surface area contributed by atoms with Gasteiger partial charge in [-0.3, -0.25) is 10.2 Å². The predicted molar refractivity (Wildman–Crippen MR) is 241 cm³/mol. The van der Waals surface area contributed by atoms with Crippen molar-refractivity contribution < 1.29 is 18.4 Å². The van der Waals surface area contributed by atoms with Crippen LogP contribution in [0.4, 0.5) is 11.9 Å². The Bertz CT molecular complexity index is 2710. The van der Waals surface area contributed by atoms with Gasteiger partial charge in [0.05, 0.1) is 50.5 Å². The second kappa shape index (κ2) is 15.9. The zero-order chi connectivity index (χ0) is 42.0. The molecule has 6 aromatic heterocycles. The fourth-order valence-electron chi connectivity index (χ4n) is 7.32. The summed E-state index contributed by atoms with van der Waals surface area (Å²) in [5, 5.41) is 22.5. The molecule has 0 spiro atoms. The van der Waals surface area contributed by atoms with Crippen molar-refractivity contribution >= 4 is 69.1 Å². The normalized spacial score (nSPS) is 14.3. The number of hydrogen-bond acceptors (Lipinski definition) is 12. The number of imidazole rings is 2. The van der Waals surface area contributed by atoms with Crippen LogP contribution < -0.4 is 16.9 Å². The summed E-state index contributed by atoms with van der Waals surface area (Å²) >= 11 is 2.26. The van der Waals surface area contributed by atoms with E-state index in [0.717, 1.165) is 110 Å². The lowest BCUT2D eigenvalue weighted by atomic mass is 9.77. The van der Waals surface area contributed by atoms with Crippen LogP contribution >= 0.6 is 22.6 Å². The number of benzene rings is 2. The third kappa shape index (κ3) is 8.00. The molecule has 0 aliphatic carbocycles. The van der Waals surface area contributed by atoms with Crippen LogP contribution in [0.15, 0.2) is 33.3 Å². The minimum absolute atomic E-state index is 0. The van der Waals surface area contributed by atoms with Crippen LogP contribution in [0.2, 0.25) is 0 Å². The number of aromatic amines is 4. The van der Waals surface area contributed by atoms with E-state index in [0.29, 0.717) is 11.9 Å². The molecule has 59 heavy (non-hydrogen) atoms. The van der Waals surface area contributed by atoms with Gasteiger partial charge < -0.3 is 39.8 Å². The third-order valence-electron chi connectivity index (χ3n) is 10.9. The highest BCUT2D eigenvalue weighted by atomic mass is 127. The van der Waals surface area contributed by atoms with Crippen LogP contribution in [-0.4, -0.2) is 69.0 Å². The largest absolute Gasteiger partial charge is 0.498 e. The van der Waals surface area contributed by atoms with Gasteiger partial charge in [-0.1, -0.05) is 17.7 Å². The molecule has 8 aromatic rings. The molecule has 0 amide bonds. The first-order chi connectivity index (χ1) is 27.3. The van der Waals surface area contributed by atoms with Gasteiger partial charge in [0, 0.05) is 42.7 Å². The number of aromatic nitrogens is 10. The average molecular weight is 915 g/mol. The van der Waals surface area contributed by atoms with Crippen molar-refractivity contribution in [3.8, 4) is 33.4 Å². The fraction of sp³-hybridized carbons (Fsp3) is 0.366. The van der Waals surface area contributed by atoms with Crippen LogP contribution in [0.1, 0.15) is 80.8 Å². The average Bonchev–Trinajstić information content (AvgIpc) is 4.00. The molecule has 7 heterocycles.